The smallest absolute Gasteiger partial charge is 0.241 e. The van der Waals surface area contributed by atoms with Gasteiger partial charge in [0.15, 0.2) is 0 Å². The fraction of sp³-hybridized carbons (Fsp3) is 0.417. The van der Waals surface area contributed by atoms with E-state index in [1.165, 1.54) is 0 Å². The third-order valence-electron chi connectivity index (χ3n) is 2.60. The molecular formula is C12H18N2O. The first-order chi connectivity index (χ1) is 7.15. The zero-order chi connectivity index (χ0) is 11.3. The number of nitrogens with one attached hydrogen (secondary N) is 1. The van der Waals surface area contributed by atoms with Crippen molar-refractivity contribution in [1.29, 1.82) is 0 Å². The quantitative estimate of drug-likeness (QED) is 0.791. The Bertz CT molecular complexity index is 311. The van der Waals surface area contributed by atoms with Crippen LogP contribution >= 0.6 is 0 Å². The first kappa shape index (κ1) is 11.7. The zero-order valence-electron chi connectivity index (χ0n) is 9.23. The molecule has 1 rings (SSSR count). The van der Waals surface area contributed by atoms with Crippen LogP contribution in [0.2, 0.25) is 0 Å². The minimum Gasteiger partial charge on any atom is -0.325 e. The lowest BCUT2D eigenvalue weighted by Crippen LogP contribution is -2.40. The molecular weight excluding hydrogens is 188 g/mol. The van der Waals surface area contributed by atoms with Gasteiger partial charge >= 0.3 is 0 Å². The van der Waals surface area contributed by atoms with Gasteiger partial charge in [0, 0.05) is 5.69 Å². The van der Waals surface area contributed by atoms with Crippen LogP contribution in [0.5, 0.6) is 0 Å². The number of para-hydroxylation sites is 1. The summed E-state index contributed by atoms with van der Waals surface area (Å²) >= 11 is 0. The molecule has 3 nitrogen and oxygen atoms in total. The fourth-order valence-corrected chi connectivity index (χ4v) is 1.26. The van der Waals surface area contributed by atoms with Crippen molar-refractivity contribution in [1.82, 2.24) is 0 Å². The van der Waals surface area contributed by atoms with E-state index in [1.807, 2.05) is 44.2 Å². The molecule has 3 heteroatoms. The van der Waals surface area contributed by atoms with Gasteiger partial charge in [0.1, 0.15) is 0 Å². The maximum absolute atomic E-state index is 11.7. The van der Waals surface area contributed by atoms with Crippen molar-refractivity contribution in [2.75, 3.05) is 5.32 Å². The lowest BCUT2D eigenvalue weighted by molar-refractivity contribution is -0.118. The molecule has 0 saturated heterocycles. The summed E-state index contributed by atoms with van der Waals surface area (Å²) in [4.78, 5) is 11.7. The molecule has 0 spiro atoms. The molecule has 0 bridgehead atoms. The van der Waals surface area contributed by atoms with Gasteiger partial charge in [0.25, 0.3) is 0 Å². The number of rotatable bonds is 4. The zero-order valence-corrected chi connectivity index (χ0v) is 9.23. The largest absolute Gasteiger partial charge is 0.325 e. The van der Waals surface area contributed by atoms with E-state index < -0.39 is 6.04 Å². The highest BCUT2D eigenvalue weighted by molar-refractivity contribution is 5.94. The molecule has 0 unspecified atom stereocenters. The second kappa shape index (κ2) is 5.51. The Hall–Kier alpha value is -1.35. The molecule has 2 atom stereocenters. The third kappa shape index (κ3) is 3.36. The summed E-state index contributed by atoms with van der Waals surface area (Å²) in [5.41, 5.74) is 6.60. The summed E-state index contributed by atoms with van der Waals surface area (Å²) < 4.78 is 0. The first-order valence-electron chi connectivity index (χ1n) is 5.26. The van der Waals surface area contributed by atoms with Gasteiger partial charge in [-0.15, -0.1) is 0 Å². The highest BCUT2D eigenvalue weighted by atomic mass is 16.2. The monoisotopic (exact) mass is 206 g/mol. The average Bonchev–Trinajstić information content (AvgIpc) is 2.28. The van der Waals surface area contributed by atoms with Gasteiger partial charge < -0.3 is 11.1 Å². The van der Waals surface area contributed by atoms with E-state index in [-0.39, 0.29) is 11.8 Å². The Morgan fingerprint density at radius 1 is 1.40 bits per heavy atom. The van der Waals surface area contributed by atoms with Crippen LogP contribution in [0.4, 0.5) is 5.69 Å². The van der Waals surface area contributed by atoms with Crippen molar-refractivity contribution >= 4 is 11.6 Å². The van der Waals surface area contributed by atoms with E-state index in [2.05, 4.69) is 5.32 Å². The Balaban J connectivity index is 2.56. The second-order valence-corrected chi connectivity index (χ2v) is 3.77. The number of amides is 1. The van der Waals surface area contributed by atoms with E-state index in [0.29, 0.717) is 0 Å². The van der Waals surface area contributed by atoms with Gasteiger partial charge in [-0.2, -0.15) is 0 Å². The van der Waals surface area contributed by atoms with Crippen molar-refractivity contribution < 1.29 is 4.79 Å². The van der Waals surface area contributed by atoms with Gasteiger partial charge in [0.2, 0.25) is 5.91 Å². The molecule has 1 aromatic carbocycles. The van der Waals surface area contributed by atoms with Crippen molar-refractivity contribution in [3.63, 3.8) is 0 Å². The van der Waals surface area contributed by atoms with Gasteiger partial charge in [-0.3, -0.25) is 4.79 Å². The van der Waals surface area contributed by atoms with Crippen LogP contribution < -0.4 is 11.1 Å². The van der Waals surface area contributed by atoms with Crippen LogP contribution in [-0.2, 0) is 4.79 Å². The lowest BCUT2D eigenvalue weighted by Gasteiger charge is -2.17. The normalized spacial score (nSPS) is 14.3. The number of carbonyl (C=O) groups is 1. The Morgan fingerprint density at radius 2 is 2.00 bits per heavy atom. The molecule has 0 aliphatic heterocycles. The predicted molar refractivity (Wildman–Crippen MR) is 62.5 cm³/mol. The number of hydrogen-bond acceptors (Lipinski definition) is 2. The van der Waals surface area contributed by atoms with Crippen LogP contribution in [-0.4, -0.2) is 11.9 Å². The molecule has 0 fully saturated rings. The Labute approximate surface area is 90.7 Å². The SMILES string of the molecule is CC[C@H](C)[C@H](N)C(=O)Nc1ccccc1. The van der Waals surface area contributed by atoms with Crippen LogP contribution in [0, 0.1) is 5.92 Å². The number of carbonyl (C=O) groups excluding carboxylic acids is 1. The van der Waals surface area contributed by atoms with Crippen molar-refractivity contribution in [2.24, 2.45) is 11.7 Å². The van der Waals surface area contributed by atoms with E-state index >= 15 is 0 Å². The van der Waals surface area contributed by atoms with Crippen molar-refractivity contribution in [2.45, 2.75) is 26.3 Å². The number of benzene rings is 1. The summed E-state index contributed by atoms with van der Waals surface area (Å²) in [6.07, 6.45) is 0.906. The van der Waals surface area contributed by atoms with E-state index in [4.69, 9.17) is 5.73 Å². The van der Waals surface area contributed by atoms with Crippen LogP contribution in [0.15, 0.2) is 30.3 Å². The molecule has 0 aromatic heterocycles. The van der Waals surface area contributed by atoms with Crippen molar-refractivity contribution in [3.8, 4) is 0 Å². The molecule has 1 amide bonds. The molecule has 0 aliphatic carbocycles. The minimum atomic E-state index is -0.435. The summed E-state index contributed by atoms with van der Waals surface area (Å²) in [6, 6.07) is 8.93. The number of nitrogens with two attached hydrogens (primary N) is 1. The molecule has 1 aromatic rings. The average molecular weight is 206 g/mol. The first-order valence-corrected chi connectivity index (χ1v) is 5.26. The molecule has 3 N–H and O–H groups in total. The van der Waals surface area contributed by atoms with Crippen LogP contribution in [0.25, 0.3) is 0 Å². The van der Waals surface area contributed by atoms with E-state index in [0.717, 1.165) is 12.1 Å². The topological polar surface area (TPSA) is 55.1 Å². The van der Waals surface area contributed by atoms with Crippen molar-refractivity contribution in [3.05, 3.63) is 30.3 Å². The molecule has 0 heterocycles. The molecule has 0 saturated carbocycles. The van der Waals surface area contributed by atoms with Gasteiger partial charge in [-0.05, 0) is 18.1 Å². The lowest BCUT2D eigenvalue weighted by atomic mass is 9.99. The highest BCUT2D eigenvalue weighted by Gasteiger charge is 2.18. The summed E-state index contributed by atoms with van der Waals surface area (Å²) in [5, 5.41) is 2.79. The summed E-state index contributed by atoms with van der Waals surface area (Å²) in [6.45, 7) is 4.01. The maximum Gasteiger partial charge on any atom is 0.241 e. The van der Waals surface area contributed by atoms with E-state index in [1.54, 1.807) is 0 Å². The highest BCUT2D eigenvalue weighted by Crippen LogP contribution is 2.09. The standard InChI is InChI=1S/C12H18N2O/c1-3-9(2)11(13)12(15)14-10-7-5-4-6-8-10/h4-9,11H,3,13H2,1-2H3,(H,14,15)/t9-,11-/m0/s1. The van der Waals surface area contributed by atoms with Crippen LogP contribution in [0.1, 0.15) is 20.3 Å². The number of hydrogen-bond donors (Lipinski definition) is 2. The molecule has 15 heavy (non-hydrogen) atoms. The maximum atomic E-state index is 11.7. The molecule has 0 aliphatic rings. The summed E-state index contributed by atoms with van der Waals surface area (Å²) in [5.74, 6) is 0.0873. The second-order valence-electron chi connectivity index (χ2n) is 3.77. The van der Waals surface area contributed by atoms with Gasteiger partial charge in [-0.1, -0.05) is 38.5 Å². The van der Waals surface area contributed by atoms with Gasteiger partial charge in [-0.25, -0.2) is 0 Å². The molecule has 82 valence electrons. The predicted octanol–water partition coefficient (Wildman–Crippen LogP) is 2.00. The third-order valence-corrected chi connectivity index (χ3v) is 2.60. The minimum absolute atomic E-state index is 0.115. The Kier molecular flexibility index (Phi) is 4.31. The van der Waals surface area contributed by atoms with Gasteiger partial charge in [0.05, 0.1) is 6.04 Å². The summed E-state index contributed by atoms with van der Waals surface area (Å²) in [7, 11) is 0. The van der Waals surface area contributed by atoms with Crippen LogP contribution in [0.3, 0.4) is 0 Å². The van der Waals surface area contributed by atoms with E-state index in [9.17, 15) is 4.79 Å². The fourth-order valence-electron chi connectivity index (χ4n) is 1.26. The Morgan fingerprint density at radius 3 is 2.53 bits per heavy atom. The number of anilines is 1. The molecule has 0 radical (unpaired) electrons.